The van der Waals surface area contributed by atoms with Crippen LogP contribution in [0.3, 0.4) is 0 Å². The number of guanidine groups is 1. The van der Waals surface area contributed by atoms with Gasteiger partial charge in [0.25, 0.3) is 0 Å². The van der Waals surface area contributed by atoms with Crippen molar-refractivity contribution in [3.8, 4) is 17.2 Å². The number of anilines is 1. The average Bonchev–Trinajstić information content (AvgIpc) is 2.85. The molecule has 25 heavy (non-hydrogen) atoms. The van der Waals surface area contributed by atoms with Crippen LogP contribution in [-0.2, 0) is 6.54 Å². The van der Waals surface area contributed by atoms with E-state index in [-0.39, 0.29) is 0 Å². The van der Waals surface area contributed by atoms with Crippen molar-refractivity contribution in [3.63, 3.8) is 0 Å². The van der Waals surface area contributed by atoms with Crippen LogP contribution in [0.1, 0.15) is 17.5 Å². The summed E-state index contributed by atoms with van der Waals surface area (Å²) in [5.41, 5.74) is 8.94. The van der Waals surface area contributed by atoms with Crippen molar-refractivity contribution >= 4 is 11.6 Å². The van der Waals surface area contributed by atoms with Crippen molar-refractivity contribution in [2.45, 2.75) is 19.9 Å². The minimum atomic E-state index is 0.331. The number of nitrogens with two attached hydrogens (primary N) is 1. The van der Waals surface area contributed by atoms with Crippen LogP contribution in [0, 0.1) is 6.92 Å². The number of hydrogen-bond acceptors (Lipinski definition) is 4. The molecule has 132 valence electrons. The molecule has 0 saturated carbocycles. The predicted octanol–water partition coefficient (Wildman–Crippen LogP) is 3.09. The molecule has 1 aliphatic rings. The SMILES string of the molecule is COc1cc(C)ccc1CN=C(N)Nc1ccc2c(c1)OCCCO2. The zero-order chi connectivity index (χ0) is 17.6. The maximum absolute atomic E-state index is 6.01. The van der Waals surface area contributed by atoms with Gasteiger partial charge in [-0.05, 0) is 30.7 Å². The summed E-state index contributed by atoms with van der Waals surface area (Å²) in [4.78, 5) is 4.39. The van der Waals surface area contributed by atoms with Crippen molar-refractivity contribution in [2.75, 3.05) is 25.6 Å². The third-order valence-corrected chi connectivity index (χ3v) is 3.88. The summed E-state index contributed by atoms with van der Waals surface area (Å²) >= 11 is 0. The zero-order valence-corrected chi connectivity index (χ0v) is 14.5. The van der Waals surface area contributed by atoms with Crippen LogP contribution in [0.25, 0.3) is 0 Å². The van der Waals surface area contributed by atoms with Gasteiger partial charge < -0.3 is 25.3 Å². The van der Waals surface area contributed by atoms with Crippen molar-refractivity contribution in [1.82, 2.24) is 0 Å². The topological polar surface area (TPSA) is 78.1 Å². The van der Waals surface area contributed by atoms with E-state index in [9.17, 15) is 0 Å². The third-order valence-electron chi connectivity index (χ3n) is 3.88. The van der Waals surface area contributed by atoms with E-state index in [2.05, 4.69) is 10.3 Å². The molecule has 0 unspecified atom stereocenters. The molecule has 0 atom stereocenters. The Bertz CT molecular complexity index is 775. The number of ether oxygens (including phenoxy) is 3. The van der Waals surface area contributed by atoms with Crippen LogP contribution in [0.15, 0.2) is 41.4 Å². The Labute approximate surface area is 147 Å². The van der Waals surface area contributed by atoms with Crippen LogP contribution < -0.4 is 25.3 Å². The molecular weight excluding hydrogens is 318 g/mol. The first-order chi connectivity index (χ1) is 12.2. The number of aliphatic imine (C=N–C) groups is 1. The summed E-state index contributed by atoms with van der Waals surface area (Å²) in [6.45, 7) is 3.78. The molecule has 6 nitrogen and oxygen atoms in total. The minimum Gasteiger partial charge on any atom is -0.496 e. The second-order valence-corrected chi connectivity index (χ2v) is 5.85. The highest BCUT2D eigenvalue weighted by molar-refractivity contribution is 5.92. The number of aryl methyl sites for hydroxylation is 1. The van der Waals surface area contributed by atoms with E-state index < -0.39 is 0 Å². The maximum Gasteiger partial charge on any atom is 0.193 e. The molecule has 0 bridgehead atoms. The fourth-order valence-electron chi connectivity index (χ4n) is 2.58. The average molecular weight is 341 g/mol. The molecule has 0 saturated heterocycles. The molecule has 2 aromatic rings. The first-order valence-corrected chi connectivity index (χ1v) is 8.26. The minimum absolute atomic E-state index is 0.331. The molecule has 1 aliphatic heterocycles. The maximum atomic E-state index is 6.01. The smallest absolute Gasteiger partial charge is 0.193 e. The molecule has 3 N–H and O–H groups in total. The number of nitrogens with zero attached hydrogens (tertiary/aromatic N) is 1. The third kappa shape index (κ3) is 4.35. The molecular formula is C19H23N3O3. The van der Waals surface area contributed by atoms with Crippen LogP contribution in [0.4, 0.5) is 5.69 Å². The van der Waals surface area contributed by atoms with Gasteiger partial charge in [-0.2, -0.15) is 0 Å². The van der Waals surface area contributed by atoms with Crippen LogP contribution in [0.5, 0.6) is 17.2 Å². The summed E-state index contributed by atoms with van der Waals surface area (Å²) in [5, 5.41) is 3.08. The van der Waals surface area contributed by atoms with Gasteiger partial charge in [0.15, 0.2) is 17.5 Å². The Morgan fingerprint density at radius 3 is 2.76 bits per heavy atom. The van der Waals surface area contributed by atoms with Crippen molar-refractivity contribution in [3.05, 3.63) is 47.5 Å². The lowest BCUT2D eigenvalue weighted by molar-refractivity contribution is 0.297. The molecule has 0 fully saturated rings. The van der Waals surface area contributed by atoms with Gasteiger partial charge in [-0.3, -0.25) is 0 Å². The summed E-state index contributed by atoms with van der Waals surface area (Å²) in [6, 6.07) is 11.6. The van der Waals surface area contributed by atoms with E-state index in [1.807, 2.05) is 43.3 Å². The highest BCUT2D eigenvalue weighted by Gasteiger charge is 2.11. The number of nitrogens with one attached hydrogen (secondary N) is 1. The quantitative estimate of drug-likeness (QED) is 0.660. The lowest BCUT2D eigenvalue weighted by Gasteiger charge is -2.11. The molecule has 0 radical (unpaired) electrons. The number of fused-ring (bicyclic) bond motifs is 1. The van der Waals surface area contributed by atoms with Gasteiger partial charge in [0, 0.05) is 23.7 Å². The summed E-state index contributed by atoms with van der Waals surface area (Å²) in [5.74, 6) is 2.61. The summed E-state index contributed by atoms with van der Waals surface area (Å²) in [6.07, 6.45) is 0.874. The first-order valence-electron chi connectivity index (χ1n) is 8.26. The Balaban J connectivity index is 1.69. The van der Waals surface area contributed by atoms with Gasteiger partial charge in [0.05, 0.1) is 26.9 Å². The molecule has 2 aromatic carbocycles. The predicted molar refractivity (Wildman–Crippen MR) is 98.7 cm³/mol. The normalized spacial score (nSPS) is 13.9. The molecule has 0 amide bonds. The number of rotatable bonds is 4. The van der Waals surface area contributed by atoms with Gasteiger partial charge in [-0.15, -0.1) is 0 Å². The van der Waals surface area contributed by atoms with Gasteiger partial charge in [0.1, 0.15) is 5.75 Å². The Kier molecular flexibility index (Phi) is 5.28. The second-order valence-electron chi connectivity index (χ2n) is 5.85. The fraction of sp³-hybridized carbons (Fsp3) is 0.316. The highest BCUT2D eigenvalue weighted by atomic mass is 16.5. The molecule has 3 rings (SSSR count). The van der Waals surface area contributed by atoms with Crippen molar-refractivity contribution in [2.24, 2.45) is 10.7 Å². The van der Waals surface area contributed by atoms with Gasteiger partial charge >= 0.3 is 0 Å². The lowest BCUT2D eigenvalue weighted by Crippen LogP contribution is -2.22. The van der Waals surface area contributed by atoms with Gasteiger partial charge in [-0.1, -0.05) is 12.1 Å². The van der Waals surface area contributed by atoms with E-state index in [0.717, 1.165) is 40.5 Å². The number of hydrogen-bond donors (Lipinski definition) is 2. The summed E-state index contributed by atoms with van der Waals surface area (Å²) < 4.78 is 16.7. The Hall–Kier alpha value is -2.89. The number of methoxy groups -OCH3 is 1. The van der Waals surface area contributed by atoms with E-state index >= 15 is 0 Å². The monoisotopic (exact) mass is 341 g/mol. The van der Waals surface area contributed by atoms with Crippen molar-refractivity contribution < 1.29 is 14.2 Å². The van der Waals surface area contributed by atoms with Crippen LogP contribution in [-0.4, -0.2) is 26.3 Å². The van der Waals surface area contributed by atoms with E-state index in [4.69, 9.17) is 19.9 Å². The summed E-state index contributed by atoms with van der Waals surface area (Å²) in [7, 11) is 1.65. The standard InChI is InChI=1S/C19H23N3O3/c1-13-4-5-14(17(10-13)23-2)12-21-19(20)22-15-6-7-16-18(11-15)25-9-3-8-24-16/h4-7,10-11H,3,8-9,12H2,1-2H3,(H3,20,21,22). The molecule has 0 aliphatic carbocycles. The molecule has 0 aromatic heterocycles. The fourth-order valence-corrected chi connectivity index (χ4v) is 2.58. The molecule has 0 spiro atoms. The second kappa shape index (κ2) is 7.79. The van der Waals surface area contributed by atoms with E-state index in [1.54, 1.807) is 7.11 Å². The highest BCUT2D eigenvalue weighted by Crippen LogP contribution is 2.32. The Morgan fingerprint density at radius 2 is 1.96 bits per heavy atom. The largest absolute Gasteiger partial charge is 0.496 e. The lowest BCUT2D eigenvalue weighted by atomic mass is 10.1. The van der Waals surface area contributed by atoms with E-state index in [1.165, 1.54) is 0 Å². The van der Waals surface area contributed by atoms with Crippen molar-refractivity contribution in [1.29, 1.82) is 0 Å². The van der Waals surface area contributed by atoms with Gasteiger partial charge in [0.2, 0.25) is 0 Å². The van der Waals surface area contributed by atoms with Crippen LogP contribution >= 0.6 is 0 Å². The van der Waals surface area contributed by atoms with Crippen LogP contribution in [0.2, 0.25) is 0 Å². The molecule has 6 heteroatoms. The Morgan fingerprint density at radius 1 is 1.16 bits per heavy atom. The van der Waals surface area contributed by atoms with Gasteiger partial charge in [-0.25, -0.2) is 4.99 Å². The molecule has 1 heterocycles. The zero-order valence-electron chi connectivity index (χ0n) is 14.5. The van der Waals surface area contributed by atoms with E-state index in [0.29, 0.717) is 25.7 Å². The first kappa shape index (κ1) is 17.0. The number of benzene rings is 2.